The molecule has 0 aromatic carbocycles. The third-order valence-corrected chi connectivity index (χ3v) is 3.51. The highest BCUT2D eigenvalue weighted by Crippen LogP contribution is 2.44. The number of hydrogen-bond donors (Lipinski definition) is 1. The lowest BCUT2D eigenvalue weighted by molar-refractivity contribution is 0.298. The molecule has 1 aromatic rings. The number of rotatable bonds is 5. The van der Waals surface area contributed by atoms with Crippen molar-refractivity contribution in [2.24, 2.45) is 11.8 Å². The lowest BCUT2D eigenvalue weighted by Crippen LogP contribution is -2.32. The van der Waals surface area contributed by atoms with Crippen LogP contribution in [0, 0.1) is 18.8 Å². The van der Waals surface area contributed by atoms with Crippen LogP contribution in [0.4, 0.5) is 0 Å². The van der Waals surface area contributed by atoms with Gasteiger partial charge in [0.1, 0.15) is 11.4 Å². The minimum absolute atomic E-state index is 0.723. The number of hydrogen-bond acceptors (Lipinski definition) is 4. The number of nitrogens with one attached hydrogen (secondary N) is 1. The van der Waals surface area contributed by atoms with Crippen LogP contribution in [0.1, 0.15) is 37.1 Å². The summed E-state index contributed by atoms with van der Waals surface area (Å²) in [6, 6.07) is 0.723. The van der Waals surface area contributed by atoms with Gasteiger partial charge in [-0.25, -0.2) is 4.63 Å². The molecule has 1 heterocycles. The Kier molecular flexibility index (Phi) is 2.24. The highest BCUT2D eigenvalue weighted by Gasteiger charge is 2.41. The quantitative estimate of drug-likeness (QED) is 0.797. The summed E-state index contributed by atoms with van der Waals surface area (Å²) < 4.78 is 4.69. The Morgan fingerprint density at radius 1 is 1.27 bits per heavy atom. The molecule has 4 heteroatoms. The third-order valence-electron chi connectivity index (χ3n) is 3.51. The summed E-state index contributed by atoms with van der Waals surface area (Å²) in [5, 5.41) is 11.3. The molecule has 0 bridgehead atoms. The smallest absolute Gasteiger partial charge is 0.121 e. The van der Waals surface area contributed by atoms with Crippen molar-refractivity contribution < 1.29 is 4.63 Å². The summed E-state index contributed by atoms with van der Waals surface area (Å²) in [5.41, 5.74) is 1.87. The second kappa shape index (κ2) is 3.59. The molecule has 82 valence electrons. The van der Waals surface area contributed by atoms with Gasteiger partial charge in [0.05, 0.1) is 0 Å². The van der Waals surface area contributed by atoms with E-state index >= 15 is 0 Å². The van der Waals surface area contributed by atoms with Crippen LogP contribution >= 0.6 is 0 Å². The number of aromatic nitrogens is 2. The normalized spacial score (nSPS) is 21.2. The first-order valence-electron chi connectivity index (χ1n) is 5.86. The van der Waals surface area contributed by atoms with E-state index in [1.54, 1.807) is 0 Å². The zero-order chi connectivity index (χ0) is 10.3. The molecule has 15 heavy (non-hydrogen) atoms. The second-order valence-corrected chi connectivity index (χ2v) is 4.88. The molecule has 3 rings (SSSR count). The predicted octanol–water partition coefficient (Wildman–Crippen LogP) is 1.66. The van der Waals surface area contributed by atoms with E-state index in [1.807, 2.05) is 6.92 Å². The Bertz CT molecular complexity index is 329. The van der Waals surface area contributed by atoms with Gasteiger partial charge in [-0.1, -0.05) is 10.3 Å². The fourth-order valence-corrected chi connectivity index (χ4v) is 2.25. The van der Waals surface area contributed by atoms with Crippen molar-refractivity contribution in [2.45, 2.75) is 45.2 Å². The van der Waals surface area contributed by atoms with Gasteiger partial charge in [0.25, 0.3) is 0 Å². The van der Waals surface area contributed by atoms with E-state index in [1.165, 1.54) is 25.7 Å². The summed E-state index contributed by atoms with van der Waals surface area (Å²) in [6.45, 7) is 2.75. The van der Waals surface area contributed by atoms with Crippen molar-refractivity contribution in [3.05, 3.63) is 11.4 Å². The Balaban J connectivity index is 1.57. The molecule has 4 nitrogen and oxygen atoms in total. The first-order chi connectivity index (χ1) is 7.34. The van der Waals surface area contributed by atoms with Crippen LogP contribution in [-0.2, 0) is 6.54 Å². The molecule has 2 fully saturated rings. The van der Waals surface area contributed by atoms with Gasteiger partial charge in [-0.05, 0) is 44.4 Å². The van der Waals surface area contributed by atoms with Crippen molar-refractivity contribution in [2.75, 3.05) is 0 Å². The van der Waals surface area contributed by atoms with Gasteiger partial charge in [0.15, 0.2) is 0 Å². The maximum absolute atomic E-state index is 4.69. The molecule has 0 aliphatic heterocycles. The average Bonchev–Trinajstić information content (AvgIpc) is 3.11. The molecule has 2 saturated carbocycles. The predicted molar refractivity (Wildman–Crippen MR) is 55.1 cm³/mol. The summed E-state index contributed by atoms with van der Waals surface area (Å²) in [5.74, 6) is 1.86. The SMILES string of the molecule is Cc1nonc1CNC(C1CC1)C1CC1. The van der Waals surface area contributed by atoms with Gasteiger partial charge in [-0.15, -0.1) is 0 Å². The van der Waals surface area contributed by atoms with Crippen LogP contribution in [0.3, 0.4) is 0 Å². The van der Waals surface area contributed by atoms with Gasteiger partial charge in [-0.3, -0.25) is 0 Å². The van der Waals surface area contributed by atoms with Crippen LogP contribution in [0.25, 0.3) is 0 Å². The lowest BCUT2D eigenvalue weighted by Gasteiger charge is -2.16. The molecule has 2 aliphatic carbocycles. The monoisotopic (exact) mass is 207 g/mol. The number of nitrogens with zero attached hydrogens (tertiary/aromatic N) is 2. The second-order valence-electron chi connectivity index (χ2n) is 4.88. The van der Waals surface area contributed by atoms with Gasteiger partial charge < -0.3 is 5.32 Å². The van der Waals surface area contributed by atoms with Crippen molar-refractivity contribution in [3.63, 3.8) is 0 Å². The number of aryl methyl sites for hydroxylation is 1. The molecular formula is C11H17N3O. The highest BCUT2D eigenvalue weighted by molar-refractivity contribution is 5.05. The maximum Gasteiger partial charge on any atom is 0.121 e. The average molecular weight is 207 g/mol. The molecule has 2 aliphatic rings. The molecule has 1 aromatic heterocycles. The molecule has 0 atom stereocenters. The molecule has 0 spiro atoms. The third kappa shape index (κ3) is 2.04. The minimum Gasteiger partial charge on any atom is -0.308 e. The molecule has 0 saturated heterocycles. The Hall–Kier alpha value is -0.900. The first kappa shape index (κ1) is 9.33. The van der Waals surface area contributed by atoms with Crippen LogP contribution in [0.2, 0.25) is 0 Å². The van der Waals surface area contributed by atoms with E-state index in [0.29, 0.717) is 0 Å². The Morgan fingerprint density at radius 2 is 1.93 bits per heavy atom. The van der Waals surface area contributed by atoms with E-state index in [9.17, 15) is 0 Å². The van der Waals surface area contributed by atoms with E-state index in [2.05, 4.69) is 20.3 Å². The van der Waals surface area contributed by atoms with Crippen molar-refractivity contribution in [1.29, 1.82) is 0 Å². The summed E-state index contributed by atoms with van der Waals surface area (Å²) in [7, 11) is 0. The van der Waals surface area contributed by atoms with Gasteiger partial charge in [0.2, 0.25) is 0 Å². The lowest BCUT2D eigenvalue weighted by atomic mass is 10.1. The molecule has 0 radical (unpaired) electrons. The summed E-state index contributed by atoms with van der Waals surface area (Å²) in [6.07, 6.45) is 5.63. The van der Waals surface area contributed by atoms with Gasteiger partial charge in [0, 0.05) is 12.6 Å². The van der Waals surface area contributed by atoms with Crippen LogP contribution in [0.15, 0.2) is 4.63 Å². The highest BCUT2D eigenvalue weighted by atomic mass is 16.6. The fraction of sp³-hybridized carbons (Fsp3) is 0.818. The zero-order valence-electron chi connectivity index (χ0n) is 9.07. The Labute approximate surface area is 89.4 Å². The van der Waals surface area contributed by atoms with E-state index < -0.39 is 0 Å². The molecular weight excluding hydrogens is 190 g/mol. The Morgan fingerprint density at radius 3 is 2.40 bits per heavy atom. The standard InChI is InChI=1S/C11H17N3O/c1-7-10(14-15-13-7)6-12-11(8-2-3-8)9-4-5-9/h8-9,11-12H,2-6H2,1H3. The maximum atomic E-state index is 4.69. The molecule has 1 N–H and O–H groups in total. The topological polar surface area (TPSA) is 51.0 Å². The van der Waals surface area contributed by atoms with E-state index in [-0.39, 0.29) is 0 Å². The van der Waals surface area contributed by atoms with Crippen molar-refractivity contribution in [1.82, 2.24) is 15.6 Å². The first-order valence-corrected chi connectivity index (χ1v) is 5.86. The molecule has 0 unspecified atom stereocenters. The van der Waals surface area contributed by atoms with Gasteiger partial charge in [-0.2, -0.15) is 0 Å². The van der Waals surface area contributed by atoms with Gasteiger partial charge >= 0.3 is 0 Å². The molecule has 0 amide bonds. The van der Waals surface area contributed by atoms with E-state index in [0.717, 1.165) is 35.8 Å². The van der Waals surface area contributed by atoms with E-state index in [4.69, 9.17) is 0 Å². The fourth-order valence-electron chi connectivity index (χ4n) is 2.25. The zero-order valence-corrected chi connectivity index (χ0v) is 9.07. The largest absolute Gasteiger partial charge is 0.308 e. The van der Waals surface area contributed by atoms with Crippen LogP contribution in [-0.4, -0.2) is 16.4 Å². The van der Waals surface area contributed by atoms with Crippen molar-refractivity contribution >= 4 is 0 Å². The minimum atomic E-state index is 0.723. The van der Waals surface area contributed by atoms with Crippen LogP contribution in [0.5, 0.6) is 0 Å². The van der Waals surface area contributed by atoms with Crippen LogP contribution < -0.4 is 5.32 Å². The van der Waals surface area contributed by atoms with Crippen molar-refractivity contribution in [3.8, 4) is 0 Å². The summed E-state index contributed by atoms with van der Waals surface area (Å²) >= 11 is 0. The summed E-state index contributed by atoms with van der Waals surface area (Å²) in [4.78, 5) is 0.